The molecule has 5 heteroatoms. The molecule has 2 rings (SSSR count). The minimum atomic E-state index is -0.404. The van der Waals surface area contributed by atoms with Crippen molar-refractivity contribution in [2.45, 2.75) is 13.5 Å². The lowest BCUT2D eigenvalue weighted by molar-refractivity contribution is -0.156. The molecule has 0 bridgehead atoms. The number of benzene rings is 1. The highest BCUT2D eigenvalue weighted by molar-refractivity contribution is 9.10. The van der Waals surface area contributed by atoms with E-state index in [4.69, 9.17) is 0 Å². The highest BCUT2D eigenvalue weighted by atomic mass is 79.9. The number of piperazine rings is 1. The predicted molar refractivity (Wildman–Crippen MR) is 71.8 cm³/mol. The van der Waals surface area contributed by atoms with E-state index in [1.54, 1.807) is 9.80 Å². The molecule has 18 heavy (non-hydrogen) atoms. The number of rotatable bonds is 3. The van der Waals surface area contributed by atoms with Gasteiger partial charge in [0.25, 0.3) is 0 Å². The fourth-order valence-electron chi connectivity index (χ4n) is 2.00. The highest BCUT2D eigenvalue weighted by Gasteiger charge is 2.31. The summed E-state index contributed by atoms with van der Waals surface area (Å²) in [4.78, 5) is 26.9. The largest absolute Gasteiger partial charge is 0.333 e. The summed E-state index contributed by atoms with van der Waals surface area (Å²) in [6.45, 7) is 4.16. The summed E-state index contributed by atoms with van der Waals surface area (Å²) in [5.74, 6) is -0.797. The molecule has 1 aliphatic rings. The number of hydrogen-bond donors (Lipinski definition) is 0. The van der Waals surface area contributed by atoms with Crippen molar-refractivity contribution in [2.75, 3.05) is 19.6 Å². The third-order valence-electron chi connectivity index (χ3n) is 3.10. The molecule has 0 atom stereocenters. The van der Waals surface area contributed by atoms with Gasteiger partial charge in [0, 0.05) is 30.7 Å². The number of amides is 2. The lowest BCUT2D eigenvalue weighted by atomic mass is 10.2. The summed E-state index contributed by atoms with van der Waals surface area (Å²) in [6.07, 6.45) is 0. The Morgan fingerprint density at radius 1 is 1.11 bits per heavy atom. The van der Waals surface area contributed by atoms with Crippen LogP contribution in [-0.2, 0) is 16.1 Å². The maximum Gasteiger partial charge on any atom is 0.312 e. The van der Waals surface area contributed by atoms with Crippen molar-refractivity contribution < 1.29 is 9.59 Å². The third-order valence-corrected chi connectivity index (χ3v) is 3.87. The fourth-order valence-corrected chi connectivity index (χ4v) is 2.41. The van der Waals surface area contributed by atoms with Crippen molar-refractivity contribution >= 4 is 27.7 Å². The van der Waals surface area contributed by atoms with E-state index >= 15 is 0 Å². The Labute approximate surface area is 115 Å². The fraction of sp³-hybridized carbons (Fsp3) is 0.385. The molecule has 0 spiro atoms. The van der Waals surface area contributed by atoms with E-state index in [9.17, 15) is 9.59 Å². The van der Waals surface area contributed by atoms with Crippen LogP contribution in [0.1, 0.15) is 12.5 Å². The van der Waals surface area contributed by atoms with Crippen LogP contribution in [0.5, 0.6) is 0 Å². The summed E-state index contributed by atoms with van der Waals surface area (Å²) in [5.41, 5.74) is 1.02. The highest BCUT2D eigenvalue weighted by Crippen LogP contribution is 2.19. The maximum atomic E-state index is 11.9. The van der Waals surface area contributed by atoms with E-state index in [-0.39, 0.29) is 0 Å². The monoisotopic (exact) mass is 310 g/mol. The number of nitrogens with zero attached hydrogens (tertiary/aromatic N) is 2. The Balaban J connectivity index is 2.10. The van der Waals surface area contributed by atoms with Crippen LogP contribution in [0.3, 0.4) is 0 Å². The smallest absolute Gasteiger partial charge is 0.312 e. The second-order valence-electron chi connectivity index (χ2n) is 4.20. The number of likely N-dealkylation sites (N-methyl/N-ethyl adjacent to an activating group) is 1. The van der Waals surface area contributed by atoms with Gasteiger partial charge in [0.1, 0.15) is 0 Å². The topological polar surface area (TPSA) is 40.6 Å². The molecule has 96 valence electrons. The Morgan fingerprint density at radius 2 is 1.72 bits per heavy atom. The molecule has 1 aromatic carbocycles. The van der Waals surface area contributed by atoms with Gasteiger partial charge in [-0.3, -0.25) is 9.59 Å². The number of halogens is 1. The van der Waals surface area contributed by atoms with Gasteiger partial charge in [-0.2, -0.15) is 0 Å². The zero-order chi connectivity index (χ0) is 13.1. The van der Waals surface area contributed by atoms with Gasteiger partial charge in [-0.15, -0.1) is 0 Å². The lowest BCUT2D eigenvalue weighted by Gasteiger charge is -2.33. The third kappa shape index (κ3) is 2.56. The number of carbonyl (C=O) groups is 2. The summed E-state index contributed by atoms with van der Waals surface area (Å²) in [6, 6.07) is 7.74. The Bertz CT molecular complexity index is 476. The molecule has 1 aliphatic heterocycles. The van der Waals surface area contributed by atoms with E-state index in [0.717, 1.165) is 10.0 Å². The van der Waals surface area contributed by atoms with Crippen LogP contribution >= 0.6 is 15.9 Å². The lowest BCUT2D eigenvalue weighted by Crippen LogP contribution is -2.53. The Hall–Kier alpha value is -1.36. The first-order valence-corrected chi connectivity index (χ1v) is 6.74. The van der Waals surface area contributed by atoms with Crippen molar-refractivity contribution in [1.82, 2.24) is 9.80 Å². The maximum absolute atomic E-state index is 11.9. The van der Waals surface area contributed by atoms with Gasteiger partial charge in [-0.05, 0) is 18.6 Å². The van der Waals surface area contributed by atoms with Crippen LogP contribution in [0, 0.1) is 0 Å². The van der Waals surface area contributed by atoms with E-state index in [0.29, 0.717) is 26.2 Å². The second-order valence-corrected chi connectivity index (χ2v) is 5.06. The van der Waals surface area contributed by atoms with Gasteiger partial charge < -0.3 is 9.80 Å². The molecule has 1 aromatic rings. The van der Waals surface area contributed by atoms with Gasteiger partial charge in [0.15, 0.2) is 0 Å². The molecule has 0 saturated carbocycles. The van der Waals surface area contributed by atoms with Crippen molar-refractivity contribution in [3.8, 4) is 0 Å². The molecule has 1 fully saturated rings. The molecule has 4 nitrogen and oxygen atoms in total. The van der Waals surface area contributed by atoms with E-state index in [2.05, 4.69) is 15.9 Å². The van der Waals surface area contributed by atoms with Gasteiger partial charge in [-0.1, -0.05) is 34.1 Å². The second kappa shape index (κ2) is 5.52. The quantitative estimate of drug-likeness (QED) is 0.796. The van der Waals surface area contributed by atoms with E-state index in [1.165, 1.54) is 0 Å². The summed E-state index contributed by atoms with van der Waals surface area (Å²) in [5, 5.41) is 0. The SMILES string of the molecule is CCN1CCN(Cc2ccccc2Br)C(=O)C1=O. The summed E-state index contributed by atoms with van der Waals surface area (Å²) < 4.78 is 0.961. The van der Waals surface area contributed by atoms with Crippen LogP contribution < -0.4 is 0 Å². The average Bonchev–Trinajstić information content (AvgIpc) is 2.38. The molecule has 1 heterocycles. The minimum Gasteiger partial charge on any atom is -0.333 e. The van der Waals surface area contributed by atoms with Crippen LogP contribution in [-0.4, -0.2) is 41.2 Å². The molecular weight excluding hydrogens is 296 g/mol. The van der Waals surface area contributed by atoms with Crippen molar-refractivity contribution in [2.24, 2.45) is 0 Å². The summed E-state index contributed by atoms with van der Waals surface area (Å²) >= 11 is 3.45. The standard InChI is InChI=1S/C13H15BrN2O2/c1-2-15-7-8-16(13(18)12(15)17)9-10-5-3-4-6-11(10)14/h3-6H,2,7-9H2,1H3. The molecule has 0 unspecified atom stereocenters. The molecular formula is C13H15BrN2O2. The molecule has 1 saturated heterocycles. The molecule has 0 radical (unpaired) electrons. The molecule has 0 aromatic heterocycles. The van der Waals surface area contributed by atoms with Gasteiger partial charge in [0.2, 0.25) is 0 Å². The van der Waals surface area contributed by atoms with Crippen LogP contribution in [0.15, 0.2) is 28.7 Å². The first-order chi connectivity index (χ1) is 8.63. The molecule has 2 amide bonds. The first kappa shape index (κ1) is 13.1. The number of carbonyl (C=O) groups excluding carboxylic acids is 2. The van der Waals surface area contributed by atoms with Gasteiger partial charge >= 0.3 is 11.8 Å². The zero-order valence-electron chi connectivity index (χ0n) is 10.2. The van der Waals surface area contributed by atoms with Crippen LogP contribution in [0.4, 0.5) is 0 Å². The Morgan fingerprint density at radius 3 is 2.39 bits per heavy atom. The van der Waals surface area contributed by atoms with Crippen molar-refractivity contribution in [3.05, 3.63) is 34.3 Å². The van der Waals surface area contributed by atoms with Crippen molar-refractivity contribution in [1.29, 1.82) is 0 Å². The Kier molecular flexibility index (Phi) is 4.01. The normalized spacial score (nSPS) is 16.3. The van der Waals surface area contributed by atoms with Crippen LogP contribution in [0.25, 0.3) is 0 Å². The molecule has 0 N–H and O–H groups in total. The van der Waals surface area contributed by atoms with E-state index < -0.39 is 11.8 Å². The predicted octanol–water partition coefficient (Wildman–Crippen LogP) is 1.64. The zero-order valence-corrected chi connectivity index (χ0v) is 11.8. The van der Waals surface area contributed by atoms with Crippen molar-refractivity contribution in [3.63, 3.8) is 0 Å². The molecule has 0 aliphatic carbocycles. The minimum absolute atomic E-state index is 0.393. The average molecular weight is 311 g/mol. The number of hydrogen-bond acceptors (Lipinski definition) is 2. The van der Waals surface area contributed by atoms with Crippen LogP contribution in [0.2, 0.25) is 0 Å². The first-order valence-electron chi connectivity index (χ1n) is 5.95. The van der Waals surface area contributed by atoms with Gasteiger partial charge in [-0.25, -0.2) is 0 Å². The van der Waals surface area contributed by atoms with E-state index in [1.807, 2.05) is 31.2 Å². The summed E-state index contributed by atoms with van der Waals surface area (Å²) in [7, 11) is 0. The van der Waals surface area contributed by atoms with Gasteiger partial charge in [0.05, 0.1) is 0 Å².